The van der Waals surface area contributed by atoms with Gasteiger partial charge in [0.1, 0.15) is 11.5 Å². The number of carbonyl (C=O) groups is 2. The molecule has 0 aliphatic carbocycles. The fourth-order valence-corrected chi connectivity index (χ4v) is 3.21. The van der Waals surface area contributed by atoms with Crippen molar-refractivity contribution in [1.29, 1.82) is 0 Å². The molecular weight excluding hydrogens is 380 g/mol. The van der Waals surface area contributed by atoms with Crippen LogP contribution in [0.2, 0.25) is 0 Å². The molecule has 148 valence electrons. The molecule has 0 unspecified atom stereocenters. The Morgan fingerprint density at radius 2 is 1.77 bits per heavy atom. The molecule has 0 radical (unpaired) electrons. The molecule has 0 saturated carbocycles. The van der Waals surface area contributed by atoms with E-state index in [-0.39, 0.29) is 17.9 Å². The maximum atomic E-state index is 12.3. The van der Waals surface area contributed by atoms with Crippen LogP contribution in [0.25, 0.3) is 22.1 Å². The Balaban J connectivity index is 1.41. The van der Waals surface area contributed by atoms with E-state index in [2.05, 4.69) is 10.5 Å². The van der Waals surface area contributed by atoms with Crippen molar-refractivity contribution < 1.29 is 19.1 Å². The number of hydrogen-bond donors (Lipinski definition) is 2. The number of amides is 1. The number of rotatable bonds is 6. The van der Waals surface area contributed by atoms with Crippen molar-refractivity contribution in [2.24, 2.45) is 5.10 Å². The zero-order chi connectivity index (χ0) is 20.9. The van der Waals surface area contributed by atoms with Crippen LogP contribution in [0, 0.1) is 0 Å². The van der Waals surface area contributed by atoms with E-state index >= 15 is 0 Å². The lowest BCUT2D eigenvalue weighted by Crippen LogP contribution is -2.19. The fourth-order valence-electron chi connectivity index (χ4n) is 3.21. The van der Waals surface area contributed by atoms with Crippen molar-refractivity contribution in [3.05, 3.63) is 95.7 Å². The molecule has 0 spiro atoms. The average molecular weight is 398 g/mol. The van der Waals surface area contributed by atoms with Crippen LogP contribution in [0.15, 0.2) is 88.4 Å². The first-order valence-electron chi connectivity index (χ1n) is 9.32. The Labute approximate surface area is 172 Å². The first-order valence-corrected chi connectivity index (χ1v) is 9.32. The number of carbonyl (C=O) groups excluding carboxylic acids is 1. The van der Waals surface area contributed by atoms with Crippen molar-refractivity contribution >= 4 is 28.9 Å². The van der Waals surface area contributed by atoms with Crippen molar-refractivity contribution in [2.75, 3.05) is 0 Å². The molecule has 0 bridgehead atoms. The van der Waals surface area contributed by atoms with Gasteiger partial charge in [-0.25, -0.2) is 10.2 Å². The Morgan fingerprint density at radius 1 is 0.967 bits per heavy atom. The number of furan rings is 1. The zero-order valence-electron chi connectivity index (χ0n) is 15.9. The molecule has 0 aliphatic heterocycles. The molecule has 1 amide bonds. The molecule has 4 aromatic rings. The van der Waals surface area contributed by atoms with E-state index in [0.717, 1.165) is 16.3 Å². The van der Waals surface area contributed by atoms with E-state index in [1.54, 1.807) is 24.3 Å². The molecule has 3 aromatic carbocycles. The van der Waals surface area contributed by atoms with Gasteiger partial charge in [-0.05, 0) is 40.6 Å². The summed E-state index contributed by atoms with van der Waals surface area (Å²) in [7, 11) is 0. The highest BCUT2D eigenvalue weighted by atomic mass is 16.4. The summed E-state index contributed by atoms with van der Waals surface area (Å²) in [6.45, 7) is 0. The maximum Gasteiger partial charge on any atom is 0.335 e. The van der Waals surface area contributed by atoms with Crippen LogP contribution >= 0.6 is 0 Å². The third-order valence-corrected chi connectivity index (χ3v) is 4.63. The number of fused-ring (bicyclic) bond motifs is 1. The van der Waals surface area contributed by atoms with E-state index in [4.69, 9.17) is 9.52 Å². The van der Waals surface area contributed by atoms with Gasteiger partial charge in [-0.15, -0.1) is 0 Å². The molecule has 6 heteroatoms. The van der Waals surface area contributed by atoms with E-state index in [0.29, 0.717) is 17.1 Å². The minimum absolute atomic E-state index is 0.180. The van der Waals surface area contributed by atoms with Crippen LogP contribution in [0.5, 0.6) is 0 Å². The predicted molar refractivity (Wildman–Crippen MR) is 114 cm³/mol. The molecule has 0 atom stereocenters. The molecule has 0 fully saturated rings. The van der Waals surface area contributed by atoms with Gasteiger partial charge in [0, 0.05) is 5.56 Å². The summed E-state index contributed by atoms with van der Waals surface area (Å²) in [5.74, 6) is -0.277. The Bertz CT molecular complexity index is 1250. The fraction of sp³-hybridized carbons (Fsp3) is 0.0417. The second kappa shape index (κ2) is 8.45. The minimum atomic E-state index is -1.00. The summed E-state index contributed by atoms with van der Waals surface area (Å²) in [6, 6.07) is 23.7. The van der Waals surface area contributed by atoms with Crippen LogP contribution in [-0.4, -0.2) is 23.2 Å². The first-order chi connectivity index (χ1) is 14.6. The molecule has 2 N–H and O–H groups in total. The van der Waals surface area contributed by atoms with Gasteiger partial charge in [-0.1, -0.05) is 54.6 Å². The van der Waals surface area contributed by atoms with Crippen LogP contribution in [0.3, 0.4) is 0 Å². The number of carboxylic acid groups (broad SMARTS) is 1. The van der Waals surface area contributed by atoms with E-state index in [9.17, 15) is 9.59 Å². The van der Waals surface area contributed by atoms with Crippen LogP contribution in [0.1, 0.15) is 21.7 Å². The monoisotopic (exact) mass is 398 g/mol. The molecule has 30 heavy (non-hydrogen) atoms. The zero-order valence-corrected chi connectivity index (χ0v) is 15.9. The van der Waals surface area contributed by atoms with Gasteiger partial charge in [0.05, 0.1) is 18.2 Å². The summed E-state index contributed by atoms with van der Waals surface area (Å²) in [4.78, 5) is 23.4. The summed E-state index contributed by atoms with van der Waals surface area (Å²) in [5, 5.41) is 15.2. The molecular formula is C24H18N2O4. The number of aromatic carboxylic acids is 1. The smallest absolute Gasteiger partial charge is 0.335 e. The van der Waals surface area contributed by atoms with Crippen LogP contribution in [-0.2, 0) is 11.2 Å². The first kappa shape index (κ1) is 19.1. The minimum Gasteiger partial charge on any atom is -0.478 e. The lowest BCUT2D eigenvalue weighted by Gasteiger charge is -2.05. The van der Waals surface area contributed by atoms with Crippen molar-refractivity contribution in [3.8, 4) is 11.3 Å². The third kappa shape index (κ3) is 4.28. The lowest BCUT2D eigenvalue weighted by molar-refractivity contribution is -0.120. The molecule has 4 rings (SSSR count). The molecule has 1 heterocycles. The lowest BCUT2D eigenvalue weighted by atomic mass is 10.0. The quantitative estimate of drug-likeness (QED) is 0.370. The van der Waals surface area contributed by atoms with Gasteiger partial charge >= 0.3 is 5.97 Å². The standard InChI is InChI=1S/C24H18N2O4/c27-23(14-17-7-3-6-16-5-1-2-10-21(16)17)26-25-15-20-11-12-22(30-20)18-8-4-9-19(13-18)24(28)29/h1-13,15H,14H2,(H,26,27)(H,28,29)/b25-15-. The number of hydrogen-bond acceptors (Lipinski definition) is 4. The highest BCUT2D eigenvalue weighted by Crippen LogP contribution is 2.23. The van der Waals surface area contributed by atoms with Gasteiger partial charge in [0.15, 0.2) is 0 Å². The van der Waals surface area contributed by atoms with Crippen LogP contribution < -0.4 is 5.43 Å². The van der Waals surface area contributed by atoms with Crippen LogP contribution in [0.4, 0.5) is 0 Å². The molecule has 1 aromatic heterocycles. The Kier molecular flexibility index (Phi) is 5.39. The maximum absolute atomic E-state index is 12.3. The highest BCUT2D eigenvalue weighted by Gasteiger charge is 2.09. The van der Waals surface area contributed by atoms with E-state index < -0.39 is 5.97 Å². The Hall–Kier alpha value is -4.19. The number of nitrogens with zero attached hydrogens (tertiary/aromatic N) is 1. The topological polar surface area (TPSA) is 91.9 Å². The second-order valence-corrected chi connectivity index (χ2v) is 6.70. The summed E-state index contributed by atoms with van der Waals surface area (Å²) in [6.07, 6.45) is 1.62. The number of hydrazone groups is 1. The Morgan fingerprint density at radius 3 is 2.63 bits per heavy atom. The van der Waals surface area contributed by atoms with Gasteiger partial charge < -0.3 is 9.52 Å². The largest absolute Gasteiger partial charge is 0.478 e. The van der Waals surface area contributed by atoms with Crippen molar-refractivity contribution in [3.63, 3.8) is 0 Å². The highest BCUT2D eigenvalue weighted by molar-refractivity contribution is 5.91. The normalized spacial score (nSPS) is 11.1. The van der Waals surface area contributed by atoms with E-state index in [1.807, 2.05) is 42.5 Å². The number of benzene rings is 3. The van der Waals surface area contributed by atoms with Crippen molar-refractivity contribution in [1.82, 2.24) is 5.43 Å². The van der Waals surface area contributed by atoms with Gasteiger partial charge in [-0.3, -0.25) is 4.79 Å². The number of carboxylic acids is 1. The van der Waals surface area contributed by atoms with Crippen molar-refractivity contribution in [2.45, 2.75) is 6.42 Å². The molecule has 0 saturated heterocycles. The van der Waals surface area contributed by atoms with Gasteiger partial charge in [0.2, 0.25) is 5.91 Å². The SMILES string of the molecule is O=C(Cc1cccc2ccccc12)N/N=C\c1ccc(-c2cccc(C(=O)O)c2)o1. The van der Waals surface area contributed by atoms with Gasteiger partial charge in [-0.2, -0.15) is 5.10 Å². The van der Waals surface area contributed by atoms with E-state index in [1.165, 1.54) is 18.3 Å². The number of nitrogens with one attached hydrogen (secondary N) is 1. The summed E-state index contributed by atoms with van der Waals surface area (Å²) < 4.78 is 5.67. The van der Waals surface area contributed by atoms with Gasteiger partial charge in [0.25, 0.3) is 0 Å². The molecule has 0 aliphatic rings. The third-order valence-electron chi connectivity index (χ3n) is 4.63. The summed E-state index contributed by atoms with van der Waals surface area (Å²) >= 11 is 0. The second-order valence-electron chi connectivity index (χ2n) is 6.70. The molecule has 6 nitrogen and oxygen atoms in total. The predicted octanol–water partition coefficient (Wildman–Crippen LogP) is 4.49. The average Bonchev–Trinajstić information content (AvgIpc) is 3.23. The summed E-state index contributed by atoms with van der Waals surface area (Å²) in [5.41, 5.74) is 4.27.